The molecule has 0 unspecified atom stereocenters. The third-order valence-corrected chi connectivity index (χ3v) is 8.17. The number of halogens is 1. The maximum atomic E-state index is 14.4. The number of rotatable bonds is 19. The van der Waals surface area contributed by atoms with Crippen molar-refractivity contribution in [3.63, 3.8) is 0 Å². The third-order valence-electron chi connectivity index (χ3n) is 8.17. The number of ether oxygens (including phenoxy) is 3. The Balaban J connectivity index is 1.30. The second kappa shape index (κ2) is 18.7. The molecule has 3 rings (SSSR count). The van der Waals surface area contributed by atoms with Crippen LogP contribution in [0.2, 0.25) is 0 Å². The van der Waals surface area contributed by atoms with Crippen LogP contribution in [-0.2, 0) is 0 Å². The first-order valence-electron chi connectivity index (χ1n) is 16.0. The molecule has 2 aromatic carbocycles. The van der Waals surface area contributed by atoms with Crippen molar-refractivity contribution < 1.29 is 23.4 Å². The summed E-state index contributed by atoms with van der Waals surface area (Å²) in [4.78, 5) is 12.5. The molecule has 0 amide bonds. The number of carbonyl (C=O) groups is 1. The molecule has 2 aromatic rings. The first-order valence-corrected chi connectivity index (χ1v) is 16.0. The van der Waals surface area contributed by atoms with Crippen molar-refractivity contribution in [1.82, 2.24) is 0 Å². The molecule has 0 saturated heterocycles. The second-order valence-electron chi connectivity index (χ2n) is 11.5. The summed E-state index contributed by atoms with van der Waals surface area (Å²) in [5.41, 5.74) is 0.150. The molecule has 40 heavy (non-hydrogen) atoms. The maximum Gasteiger partial charge on any atom is 0.343 e. The van der Waals surface area contributed by atoms with E-state index in [9.17, 15) is 9.18 Å². The highest BCUT2D eigenvalue weighted by Crippen LogP contribution is 2.34. The van der Waals surface area contributed by atoms with Gasteiger partial charge in [-0.25, -0.2) is 9.18 Å². The lowest BCUT2D eigenvalue weighted by molar-refractivity contribution is 0.0734. The van der Waals surface area contributed by atoms with E-state index in [0.29, 0.717) is 19.0 Å². The Hall–Kier alpha value is -2.56. The number of carbonyl (C=O) groups excluding carboxylic acids is 1. The van der Waals surface area contributed by atoms with E-state index in [1.807, 2.05) is 12.1 Å². The molecule has 1 aliphatic rings. The molecule has 0 aliphatic heterocycles. The molecular weight excluding hydrogens is 503 g/mol. The minimum absolute atomic E-state index is 0.150. The van der Waals surface area contributed by atoms with Gasteiger partial charge in [0, 0.05) is 0 Å². The van der Waals surface area contributed by atoms with Crippen molar-refractivity contribution in [3.8, 4) is 17.2 Å². The normalized spacial score (nSPS) is 17.0. The van der Waals surface area contributed by atoms with E-state index in [0.717, 1.165) is 49.7 Å². The Morgan fingerprint density at radius 3 is 1.93 bits per heavy atom. The number of hydrogen-bond acceptors (Lipinski definition) is 4. The van der Waals surface area contributed by atoms with Crippen LogP contribution < -0.4 is 14.2 Å². The molecule has 1 saturated carbocycles. The Morgan fingerprint density at radius 1 is 0.700 bits per heavy atom. The first-order chi connectivity index (χ1) is 19.6. The molecule has 1 fully saturated rings. The predicted molar refractivity (Wildman–Crippen MR) is 161 cm³/mol. The van der Waals surface area contributed by atoms with Gasteiger partial charge in [-0.2, -0.15) is 0 Å². The lowest BCUT2D eigenvalue weighted by Gasteiger charge is -2.28. The van der Waals surface area contributed by atoms with Crippen LogP contribution in [0.25, 0.3) is 0 Å². The summed E-state index contributed by atoms with van der Waals surface area (Å²) in [6, 6.07) is 11.2. The number of unbranched alkanes of at least 4 members (excludes halogenated alkanes) is 7. The summed E-state index contributed by atoms with van der Waals surface area (Å²) in [6.45, 7) is 5.59. The Labute approximate surface area is 242 Å². The standard InChI is InChI=1S/C35H51FO4/c1-3-5-7-9-10-13-28-15-17-29(18-16-28)14-12-26-38-31-20-22-32(23-21-31)40-35(37)30-19-24-34(33(36)27-30)39-25-11-8-6-4-2/h19-24,27-29H,3-18,25-26H2,1-2H3/t28-,29-. The largest absolute Gasteiger partial charge is 0.494 e. The van der Waals surface area contributed by atoms with Crippen LogP contribution in [-0.4, -0.2) is 19.2 Å². The Morgan fingerprint density at radius 2 is 1.27 bits per heavy atom. The van der Waals surface area contributed by atoms with Crippen LogP contribution in [0.5, 0.6) is 17.2 Å². The van der Waals surface area contributed by atoms with Crippen LogP contribution in [0, 0.1) is 17.7 Å². The summed E-state index contributed by atoms with van der Waals surface area (Å²) in [6.07, 6.45) is 20.5. The molecule has 0 spiro atoms. The summed E-state index contributed by atoms with van der Waals surface area (Å²) in [5.74, 6) is 1.97. The molecule has 0 aromatic heterocycles. The topological polar surface area (TPSA) is 44.8 Å². The summed E-state index contributed by atoms with van der Waals surface area (Å²) < 4.78 is 31.3. The highest BCUT2D eigenvalue weighted by Gasteiger charge is 2.20. The van der Waals surface area contributed by atoms with Gasteiger partial charge in [-0.05, 0) is 73.6 Å². The molecule has 1 aliphatic carbocycles. The Kier molecular flexibility index (Phi) is 15.0. The van der Waals surface area contributed by atoms with Gasteiger partial charge in [-0.15, -0.1) is 0 Å². The average Bonchev–Trinajstić information content (AvgIpc) is 2.97. The van der Waals surface area contributed by atoms with Gasteiger partial charge < -0.3 is 14.2 Å². The zero-order chi connectivity index (χ0) is 28.4. The van der Waals surface area contributed by atoms with Crippen LogP contribution in [0.4, 0.5) is 4.39 Å². The van der Waals surface area contributed by atoms with Crippen molar-refractivity contribution in [2.24, 2.45) is 11.8 Å². The molecule has 0 atom stereocenters. The van der Waals surface area contributed by atoms with Gasteiger partial charge in [0.2, 0.25) is 0 Å². The van der Waals surface area contributed by atoms with Crippen LogP contribution >= 0.6 is 0 Å². The fourth-order valence-corrected chi connectivity index (χ4v) is 5.63. The van der Waals surface area contributed by atoms with Crippen molar-refractivity contribution in [2.75, 3.05) is 13.2 Å². The average molecular weight is 555 g/mol. The summed E-state index contributed by atoms with van der Waals surface area (Å²) in [7, 11) is 0. The van der Waals surface area contributed by atoms with Gasteiger partial charge in [0.25, 0.3) is 0 Å². The number of hydrogen-bond donors (Lipinski definition) is 0. The van der Waals surface area contributed by atoms with Crippen LogP contribution in [0.1, 0.15) is 127 Å². The predicted octanol–water partition coefficient (Wildman–Crippen LogP) is 10.3. The lowest BCUT2D eigenvalue weighted by atomic mass is 9.78. The molecular formula is C35H51FO4. The van der Waals surface area contributed by atoms with Crippen molar-refractivity contribution >= 4 is 5.97 Å². The summed E-state index contributed by atoms with van der Waals surface area (Å²) in [5, 5.41) is 0. The Bertz CT molecular complexity index is 966. The van der Waals surface area contributed by atoms with E-state index >= 15 is 0 Å². The van der Waals surface area contributed by atoms with Crippen LogP contribution in [0.15, 0.2) is 42.5 Å². The maximum absolute atomic E-state index is 14.4. The van der Waals surface area contributed by atoms with E-state index in [2.05, 4.69) is 13.8 Å². The van der Waals surface area contributed by atoms with E-state index in [1.54, 1.807) is 12.1 Å². The van der Waals surface area contributed by atoms with Crippen molar-refractivity contribution in [1.29, 1.82) is 0 Å². The first kappa shape index (κ1) is 32.0. The fourth-order valence-electron chi connectivity index (χ4n) is 5.63. The zero-order valence-electron chi connectivity index (χ0n) is 24.9. The summed E-state index contributed by atoms with van der Waals surface area (Å²) >= 11 is 0. The minimum atomic E-state index is -0.603. The van der Waals surface area contributed by atoms with Crippen molar-refractivity contribution in [2.45, 2.75) is 117 Å². The van der Waals surface area contributed by atoms with Gasteiger partial charge in [0.05, 0.1) is 18.8 Å². The number of benzene rings is 2. The van der Waals surface area contributed by atoms with Gasteiger partial charge in [-0.1, -0.05) is 97.3 Å². The minimum Gasteiger partial charge on any atom is -0.494 e. The molecule has 5 heteroatoms. The molecule has 4 nitrogen and oxygen atoms in total. The molecule has 0 radical (unpaired) electrons. The lowest BCUT2D eigenvalue weighted by Crippen LogP contribution is -2.15. The monoisotopic (exact) mass is 554 g/mol. The smallest absolute Gasteiger partial charge is 0.343 e. The SMILES string of the molecule is CCCCCCC[C@H]1CC[C@H](CCCOc2ccc(OC(=O)c3ccc(OCCCCCC)c(F)c3)cc2)CC1. The molecule has 0 heterocycles. The highest BCUT2D eigenvalue weighted by molar-refractivity contribution is 5.91. The van der Waals surface area contributed by atoms with Gasteiger partial charge in [0.1, 0.15) is 11.5 Å². The van der Waals surface area contributed by atoms with Crippen molar-refractivity contribution in [3.05, 3.63) is 53.8 Å². The fraction of sp³-hybridized carbons (Fsp3) is 0.629. The molecule has 222 valence electrons. The molecule has 0 bridgehead atoms. The van der Waals surface area contributed by atoms with Crippen LogP contribution in [0.3, 0.4) is 0 Å². The van der Waals surface area contributed by atoms with E-state index in [-0.39, 0.29) is 11.3 Å². The second-order valence-corrected chi connectivity index (χ2v) is 11.5. The van der Waals surface area contributed by atoms with Gasteiger partial charge in [-0.3, -0.25) is 0 Å². The zero-order valence-corrected chi connectivity index (χ0v) is 24.9. The third kappa shape index (κ3) is 11.9. The van der Waals surface area contributed by atoms with E-state index in [1.165, 1.54) is 88.8 Å². The van der Waals surface area contributed by atoms with E-state index in [4.69, 9.17) is 14.2 Å². The van der Waals surface area contributed by atoms with Gasteiger partial charge in [0.15, 0.2) is 11.6 Å². The van der Waals surface area contributed by atoms with Gasteiger partial charge >= 0.3 is 5.97 Å². The number of esters is 1. The highest BCUT2D eigenvalue weighted by atomic mass is 19.1. The quantitative estimate of drug-likeness (QED) is 0.0984. The molecule has 0 N–H and O–H groups in total. The van der Waals surface area contributed by atoms with E-state index < -0.39 is 11.8 Å².